The molecule has 0 fully saturated rings. The molecular formula is C11H14BrFN2O2. The van der Waals surface area contributed by atoms with Gasteiger partial charge in [-0.3, -0.25) is 0 Å². The number of urea groups is 1. The summed E-state index contributed by atoms with van der Waals surface area (Å²) in [5.74, 6) is -0.358. The quantitative estimate of drug-likeness (QED) is 0.726. The molecule has 0 aliphatic rings. The van der Waals surface area contributed by atoms with Crippen LogP contribution in [0.4, 0.5) is 9.18 Å². The van der Waals surface area contributed by atoms with Crippen LogP contribution in [-0.4, -0.2) is 24.3 Å². The maximum Gasteiger partial charge on any atom is 0.315 e. The zero-order valence-electron chi connectivity index (χ0n) is 9.17. The van der Waals surface area contributed by atoms with Crippen molar-refractivity contribution in [2.45, 2.75) is 13.0 Å². The van der Waals surface area contributed by atoms with E-state index in [0.29, 0.717) is 18.5 Å². The summed E-state index contributed by atoms with van der Waals surface area (Å²) < 4.78 is 14.1. The lowest BCUT2D eigenvalue weighted by Gasteiger charge is -2.08. The highest BCUT2D eigenvalue weighted by molar-refractivity contribution is 9.10. The van der Waals surface area contributed by atoms with Crippen LogP contribution in [0.2, 0.25) is 0 Å². The summed E-state index contributed by atoms with van der Waals surface area (Å²) in [5.41, 5.74) is 0.414. The summed E-state index contributed by atoms with van der Waals surface area (Å²) in [4.78, 5) is 11.2. The van der Waals surface area contributed by atoms with Crippen LogP contribution in [-0.2, 0) is 6.54 Å². The zero-order valence-corrected chi connectivity index (χ0v) is 10.8. The lowest BCUT2D eigenvalue weighted by Crippen LogP contribution is -2.36. The molecule has 94 valence electrons. The Morgan fingerprint density at radius 3 is 2.88 bits per heavy atom. The zero-order chi connectivity index (χ0) is 12.7. The smallest absolute Gasteiger partial charge is 0.315 e. The standard InChI is InChI=1S/C11H14BrFN2O2/c12-9-2-3-10(13)8(6-9)7-15-11(17)14-4-1-5-16/h2-3,6,16H,1,4-5,7H2,(H2,14,15,17). The van der Waals surface area contributed by atoms with Crippen LogP contribution in [0.5, 0.6) is 0 Å². The Morgan fingerprint density at radius 2 is 2.18 bits per heavy atom. The number of hydrogen-bond acceptors (Lipinski definition) is 2. The molecule has 0 aliphatic carbocycles. The summed E-state index contributed by atoms with van der Waals surface area (Å²) in [6, 6.07) is 4.17. The van der Waals surface area contributed by atoms with Gasteiger partial charge >= 0.3 is 6.03 Å². The van der Waals surface area contributed by atoms with Crippen molar-refractivity contribution < 1.29 is 14.3 Å². The molecule has 6 heteroatoms. The lowest BCUT2D eigenvalue weighted by molar-refractivity contribution is 0.237. The van der Waals surface area contributed by atoms with Crippen LogP contribution in [0.1, 0.15) is 12.0 Å². The van der Waals surface area contributed by atoms with Crippen LogP contribution in [0.3, 0.4) is 0 Å². The van der Waals surface area contributed by atoms with Crippen molar-refractivity contribution in [2.24, 2.45) is 0 Å². The second-order valence-electron chi connectivity index (χ2n) is 3.42. The van der Waals surface area contributed by atoms with Crippen LogP contribution in [0, 0.1) is 5.82 Å². The molecule has 0 saturated carbocycles. The van der Waals surface area contributed by atoms with E-state index in [1.807, 2.05) is 0 Å². The fourth-order valence-corrected chi connectivity index (χ4v) is 1.61. The van der Waals surface area contributed by atoms with Crippen molar-refractivity contribution in [1.82, 2.24) is 10.6 Å². The molecule has 0 saturated heterocycles. The van der Waals surface area contributed by atoms with Gasteiger partial charge in [-0.2, -0.15) is 0 Å². The Hall–Kier alpha value is -1.14. The minimum absolute atomic E-state index is 0.0283. The maximum absolute atomic E-state index is 13.3. The van der Waals surface area contributed by atoms with E-state index < -0.39 is 0 Å². The van der Waals surface area contributed by atoms with Gasteiger partial charge in [-0.25, -0.2) is 9.18 Å². The summed E-state index contributed by atoms with van der Waals surface area (Å²) in [5, 5.41) is 13.6. The summed E-state index contributed by atoms with van der Waals surface area (Å²) in [7, 11) is 0. The number of rotatable bonds is 5. The Balaban J connectivity index is 2.39. The van der Waals surface area contributed by atoms with Gasteiger partial charge in [0.25, 0.3) is 0 Å². The number of benzene rings is 1. The fraction of sp³-hybridized carbons (Fsp3) is 0.364. The number of nitrogens with one attached hydrogen (secondary N) is 2. The van der Waals surface area contributed by atoms with Gasteiger partial charge in [0.2, 0.25) is 0 Å². The number of hydrogen-bond donors (Lipinski definition) is 3. The number of halogens is 2. The molecule has 1 rings (SSSR count). The van der Waals surface area contributed by atoms with E-state index >= 15 is 0 Å². The highest BCUT2D eigenvalue weighted by Gasteiger charge is 2.04. The predicted octanol–water partition coefficient (Wildman–Crippen LogP) is 1.77. The number of carbonyl (C=O) groups excluding carboxylic acids is 1. The molecule has 1 aromatic rings. The summed E-state index contributed by atoms with van der Waals surface area (Å²) in [6.07, 6.45) is 0.499. The summed E-state index contributed by atoms with van der Waals surface area (Å²) in [6.45, 7) is 0.542. The van der Waals surface area contributed by atoms with E-state index in [0.717, 1.165) is 4.47 Å². The summed E-state index contributed by atoms with van der Waals surface area (Å²) >= 11 is 3.23. The molecule has 2 amide bonds. The maximum atomic E-state index is 13.3. The van der Waals surface area contributed by atoms with E-state index in [-0.39, 0.29) is 25.0 Å². The molecule has 0 atom stereocenters. The second kappa shape index (κ2) is 7.24. The molecule has 17 heavy (non-hydrogen) atoms. The van der Waals surface area contributed by atoms with Crippen molar-refractivity contribution in [3.05, 3.63) is 34.1 Å². The second-order valence-corrected chi connectivity index (χ2v) is 4.34. The SMILES string of the molecule is O=C(NCCCO)NCc1cc(Br)ccc1F. The number of carbonyl (C=O) groups is 1. The number of aliphatic hydroxyl groups is 1. The molecule has 3 N–H and O–H groups in total. The molecule has 0 bridgehead atoms. The monoisotopic (exact) mass is 304 g/mol. The van der Waals surface area contributed by atoms with Gasteiger partial charge in [0.15, 0.2) is 0 Å². The first-order valence-corrected chi connectivity index (χ1v) is 5.99. The lowest BCUT2D eigenvalue weighted by atomic mass is 10.2. The minimum Gasteiger partial charge on any atom is -0.396 e. The van der Waals surface area contributed by atoms with Crippen molar-refractivity contribution in [1.29, 1.82) is 0 Å². The Kier molecular flexibility index (Phi) is 5.93. The molecule has 1 aromatic carbocycles. The molecule has 0 spiro atoms. The van der Waals surface area contributed by atoms with Crippen LogP contribution >= 0.6 is 15.9 Å². The molecule has 0 aromatic heterocycles. The Morgan fingerprint density at radius 1 is 1.41 bits per heavy atom. The minimum atomic E-state index is -0.377. The van der Waals surface area contributed by atoms with E-state index in [1.54, 1.807) is 12.1 Å². The predicted molar refractivity (Wildman–Crippen MR) is 66.0 cm³/mol. The third kappa shape index (κ3) is 5.14. The Labute approximate surface area is 107 Å². The molecule has 0 heterocycles. The number of amides is 2. The normalized spacial score (nSPS) is 10.1. The third-order valence-corrected chi connectivity index (χ3v) is 2.56. The van der Waals surface area contributed by atoms with E-state index in [4.69, 9.17) is 5.11 Å². The highest BCUT2D eigenvalue weighted by Crippen LogP contribution is 2.15. The van der Waals surface area contributed by atoms with Crippen molar-refractivity contribution in [3.63, 3.8) is 0 Å². The van der Waals surface area contributed by atoms with Gasteiger partial charge in [-0.15, -0.1) is 0 Å². The van der Waals surface area contributed by atoms with Crippen molar-refractivity contribution in [2.75, 3.05) is 13.2 Å². The number of aliphatic hydroxyl groups excluding tert-OH is 1. The molecule has 0 radical (unpaired) electrons. The van der Waals surface area contributed by atoms with Crippen LogP contribution in [0.15, 0.2) is 22.7 Å². The molecule has 4 nitrogen and oxygen atoms in total. The van der Waals surface area contributed by atoms with Gasteiger partial charge in [-0.05, 0) is 24.6 Å². The first-order valence-electron chi connectivity index (χ1n) is 5.20. The molecular weight excluding hydrogens is 291 g/mol. The third-order valence-electron chi connectivity index (χ3n) is 2.07. The Bertz CT molecular complexity index is 388. The van der Waals surface area contributed by atoms with Crippen molar-refractivity contribution in [3.8, 4) is 0 Å². The van der Waals surface area contributed by atoms with Gasteiger partial charge in [0, 0.05) is 29.7 Å². The van der Waals surface area contributed by atoms with Gasteiger partial charge in [-0.1, -0.05) is 15.9 Å². The van der Waals surface area contributed by atoms with E-state index in [2.05, 4.69) is 26.6 Å². The average Bonchev–Trinajstić information content (AvgIpc) is 2.31. The van der Waals surface area contributed by atoms with Gasteiger partial charge < -0.3 is 15.7 Å². The van der Waals surface area contributed by atoms with Crippen molar-refractivity contribution >= 4 is 22.0 Å². The van der Waals surface area contributed by atoms with E-state index in [9.17, 15) is 9.18 Å². The van der Waals surface area contributed by atoms with Gasteiger partial charge in [0.1, 0.15) is 5.82 Å². The van der Waals surface area contributed by atoms with Gasteiger partial charge in [0.05, 0.1) is 0 Å². The first kappa shape index (κ1) is 13.9. The first-order chi connectivity index (χ1) is 8.13. The molecule has 0 unspecified atom stereocenters. The van der Waals surface area contributed by atoms with Crippen LogP contribution in [0.25, 0.3) is 0 Å². The highest BCUT2D eigenvalue weighted by atomic mass is 79.9. The topological polar surface area (TPSA) is 61.4 Å². The largest absolute Gasteiger partial charge is 0.396 e. The fourth-order valence-electron chi connectivity index (χ4n) is 1.20. The molecule has 0 aliphatic heterocycles. The van der Waals surface area contributed by atoms with Crippen LogP contribution < -0.4 is 10.6 Å². The van der Waals surface area contributed by atoms with E-state index in [1.165, 1.54) is 6.07 Å². The average molecular weight is 305 g/mol.